The molecule has 0 bridgehead atoms. The SMILES string of the molecule is CNc1nc2cc(CC(C)C)cc(Br)c2o1. The van der Waals surface area contributed by atoms with Gasteiger partial charge in [0.05, 0.1) is 4.47 Å². The standard InChI is InChI=1S/C12H15BrN2O/c1-7(2)4-8-5-9(13)11-10(6-8)15-12(14-3)16-11/h5-7H,4H2,1-3H3,(H,14,15). The molecule has 1 heterocycles. The molecule has 0 fully saturated rings. The van der Waals surface area contributed by atoms with E-state index in [-0.39, 0.29) is 0 Å². The second kappa shape index (κ2) is 4.45. The van der Waals surface area contributed by atoms with Gasteiger partial charge >= 0.3 is 0 Å². The lowest BCUT2D eigenvalue weighted by Crippen LogP contribution is -1.93. The van der Waals surface area contributed by atoms with Crippen molar-refractivity contribution in [3.63, 3.8) is 0 Å². The fraction of sp³-hybridized carbons (Fsp3) is 0.417. The number of halogens is 1. The summed E-state index contributed by atoms with van der Waals surface area (Å²) in [6.45, 7) is 4.42. The number of nitrogens with one attached hydrogen (secondary N) is 1. The average Bonchev–Trinajstić information content (AvgIpc) is 2.60. The molecule has 0 radical (unpaired) electrons. The molecular weight excluding hydrogens is 268 g/mol. The maximum atomic E-state index is 5.54. The summed E-state index contributed by atoms with van der Waals surface area (Å²) in [5.74, 6) is 0.639. The topological polar surface area (TPSA) is 38.1 Å². The largest absolute Gasteiger partial charge is 0.422 e. The van der Waals surface area contributed by atoms with Crippen molar-refractivity contribution in [3.8, 4) is 0 Å². The summed E-state index contributed by atoms with van der Waals surface area (Å²) in [6.07, 6.45) is 1.05. The Balaban J connectivity index is 2.48. The quantitative estimate of drug-likeness (QED) is 0.930. The Hall–Kier alpha value is -1.03. The zero-order valence-electron chi connectivity index (χ0n) is 9.67. The molecule has 0 atom stereocenters. The van der Waals surface area contributed by atoms with Gasteiger partial charge in [0.15, 0.2) is 5.58 Å². The van der Waals surface area contributed by atoms with E-state index in [2.05, 4.69) is 52.2 Å². The van der Waals surface area contributed by atoms with Crippen molar-refractivity contribution in [2.45, 2.75) is 20.3 Å². The van der Waals surface area contributed by atoms with Gasteiger partial charge < -0.3 is 9.73 Å². The van der Waals surface area contributed by atoms with Gasteiger partial charge in [-0.05, 0) is 46.0 Å². The van der Waals surface area contributed by atoms with Crippen LogP contribution in [0.5, 0.6) is 0 Å². The Bertz CT molecular complexity index is 505. The van der Waals surface area contributed by atoms with E-state index >= 15 is 0 Å². The van der Waals surface area contributed by atoms with E-state index in [0.717, 1.165) is 22.0 Å². The maximum Gasteiger partial charge on any atom is 0.295 e. The monoisotopic (exact) mass is 282 g/mol. The first kappa shape index (κ1) is 11.5. The summed E-state index contributed by atoms with van der Waals surface area (Å²) >= 11 is 3.52. The third kappa shape index (κ3) is 2.21. The molecule has 1 aromatic heterocycles. The van der Waals surface area contributed by atoms with E-state index in [9.17, 15) is 0 Å². The highest BCUT2D eigenvalue weighted by Crippen LogP contribution is 2.29. The molecule has 0 aliphatic rings. The van der Waals surface area contributed by atoms with Crippen LogP contribution in [0, 0.1) is 5.92 Å². The van der Waals surface area contributed by atoms with Crippen molar-refractivity contribution in [2.24, 2.45) is 5.92 Å². The van der Waals surface area contributed by atoms with E-state index in [1.165, 1.54) is 5.56 Å². The Kier molecular flexibility index (Phi) is 3.19. The molecule has 0 spiro atoms. The number of hydrogen-bond donors (Lipinski definition) is 1. The predicted molar refractivity (Wildman–Crippen MR) is 69.8 cm³/mol. The van der Waals surface area contributed by atoms with Gasteiger partial charge in [-0.2, -0.15) is 4.98 Å². The Morgan fingerprint density at radius 3 is 2.81 bits per heavy atom. The number of hydrogen-bond acceptors (Lipinski definition) is 3. The molecular formula is C12H15BrN2O. The third-order valence-corrected chi connectivity index (χ3v) is 2.95. The molecule has 0 unspecified atom stereocenters. The van der Waals surface area contributed by atoms with Crippen LogP contribution in [0.2, 0.25) is 0 Å². The van der Waals surface area contributed by atoms with Crippen LogP contribution >= 0.6 is 15.9 Å². The van der Waals surface area contributed by atoms with Gasteiger partial charge in [-0.3, -0.25) is 0 Å². The van der Waals surface area contributed by atoms with Crippen LogP contribution in [-0.4, -0.2) is 12.0 Å². The summed E-state index contributed by atoms with van der Waals surface area (Å²) < 4.78 is 6.51. The average molecular weight is 283 g/mol. The number of oxazole rings is 1. The predicted octanol–water partition coefficient (Wildman–Crippen LogP) is 3.83. The second-order valence-electron chi connectivity index (χ2n) is 4.29. The van der Waals surface area contributed by atoms with Gasteiger partial charge in [0.2, 0.25) is 0 Å². The van der Waals surface area contributed by atoms with Gasteiger partial charge in [0.1, 0.15) is 5.52 Å². The number of aromatic nitrogens is 1. The van der Waals surface area contributed by atoms with Crippen LogP contribution in [0.15, 0.2) is 21.0 Å². The van der Waals surface area contributed by atoms with Gasteiger partial charge in [0.25, 0.3) is 6.01 Å². The molecule has 0 amide bonds. The smallest absolute Gasteiger partial charge is 0.295 e. The minimum absolute atomic E-state index is 0.553. The first-order chi connectivity index (χ1) is 7.60. The molecule has 2 aromatic rings. The van der Waals surface area contributed by atoms with Crippen LogP contribution < -0.4 is 5.32 Å². The number of rotatable bonds is 3. The number of fused-ring (bicyclic) bond motifs is 1. The fourth-order valence-corrected chi connectivity index (χ4v) is 2.32. The van der Waals surface area contributed by atoms with E-state index in [4.69, 9.17) is 4.42 Å². The number of nitrogens with zero attached hydrogens (tertiary/aromatic N) is 1. The summed E-state index contributed by atoms with van der Waals surface area (Å²) in [5, 5.41) is 2.91. The van der Waals surface area contributed by atoms with Gasteiger partial charge in [-0.25, -0.2) is 0 Å². The molecule has 0 saturated heterocycles. The minimum Gasteiger partial charge on any atom is -0.422 e. The lowest BCUT2D eigenvalue weighted by atomic mass is 10.0. The summed E-state index contributed by atoms with van der Waals surface area (Å²) in [5.41, 5.74) is 2.98. The Morgan fingerprint density at radius 1 is 1.44 bits per heavy atom. The van der Waals surface area contributed by atoms with E-state index < -0.39 is 0 Å². The van der Waals surface area contributed by atoms with Crippen LogP contribution in [0.1, 0.15) is 19.4 Å². The second-order valence-corrected chi connectivity index (χ2v) is 5.15. The third-order valence-electron chi connectivity index (χ3n) is 2.36. The highest BCUT2D eigenvalue weighted by atomic mass is 79.9. The van der Waals surface area contributed by atoms with E-state index in [1.54, 1.807) is 7.05 Å². The van der Waals surface area contributed by atoms with E-state index in [0.29, 0.717) is 11.9 Å². The molecule has 86 valence electrons. The van der Waals surface area contributed by atoms with E-state index in [1.807, 2.05) is 0 Å². The van der Waals surface area contributed by atoms with Crippen molar-refractivity contribution in [3.05, 3.63) is 22.2 Å². The van der Waals surface area contributed by atoms with Crippen molar-refractivity contribution < 1.29 is 4.42 Å². The molecule has 0 saturated carbocycles. The number of benzene rings is 1. The Morgan fingerprint density at radius 2 is 2.19 bits per heavy atom. The molecule has 0 aliphatic heterocycles. The zero-order valence-corrected chi connectivity index (χ0v) is 11.3. The lowest BCUT2D eigenvalue weighted by molar-refractivity contribution is 0.617. The minimum atomic E-state index is 0.553. The normalized spacial score (nSPS) is 11.3. The lowest BCUT2D eigenvalue weighted by Gasteiger charge is -2.04. The molecule has 4 heteroatoms. The van der Waals surface area contributed by atoms with Crippen molar-refractivity contribution in [1.29, 1.82) is 0 Å². The van der Waals surface area contributed by atoms with Crippen molar-refractivity contribution in [2.75, 3.05) is 12.4 Å². The Labute approximate surface area is 103 Å². The summed E-state index contributed by atoms with van der Waals surface area (Å²) in [6, 6.07) is 4.74. The molecule has 16 heavy (non-hydrogen) atoms. The van der Waals surface area contributed by atoms with Crippen LogP contribution in [0.3, 0.4) is 0 Å². The van der Waals surface area contributed by atoms with Gasteiger partial charge in [-0.1, -0.05) is 13.8 Å². The molecule has 1 aromatic carbocycles. The van der Waals surface area contributed by atoms with Gasteiger partial charge in [0, 0.05) is 7.05 Å². The molecule has 3 nitrogen and oxygen atoms in total. The van der Waals surface area contributed by atoms with Crippen LogP contribution in [0.4, 0.5) is 6.01 Å². The summed E-state index contributed by atoms with van der Waals surface area (Å²) in [4.78, 5) is 4.35. The highest BCUT2D eigenvalue weighted by molar-refractivity contribution is 9.10. The zero-order chi connectivity index (χ0) is 11.7. The van der Waals surface area contributed by atoms with Gasteiger partial charge in [-0.15, -0.1) is 0 Å². The van der Waals surface area contributed by atoms with Crippen molar-refractivity contribution >= 4 is 33.0 Å². The molecule has 2 rings (SSSR count). The van der Waals surface area contributed by atoms with Crippen LogP contribution in [-0.2, 0) is 6.42 Å². The number of anilines is 1. The first-order valence-electron chi connectivity index (χ1n) is 5.37. The maximum absolute atomic E-state index is 5.54. The summed E-state index contributed by atoms with van der Waals surface area (Å²) in [7, 11) is 1.80. The first-order valence-corrected chi connectivity index (χ1v) is 6.16. The fourth-order valence-electron chi connectivity index (χ4n) is 1.74. The highest BCUT2D eigenvalue weighted by Gasteiger charge is 2.10. The molecule has 0 aliphatic carbocycles. The van der Waals surface area contributed by atoms with Crippen LogP contribution in [0.25, 0.3) is 11.1 Å². The molecule has 1 N–H and O–H groups in total. The van der Waals surface area contributed by atoms with Crippen molar-refractivity contribution in [1.82, 2.24) is 4.98 Å².